The Bertz CT molecular complexity index is 881. The number of hydrogen-bond donors (Lipinski definition) is 1. The fourth-order valence-corrected chi connectivity index (χ4v) is 2.90. The van der Waals surface area contributed by atoms with Gasteiger partial charge in [0.25, 0.3) is 5.22 Å². The maximum Gasteiger partial charge on any atom is 0.277 e. The molecular weight excluding hydrogens is 374 g/mol. The maximum absolute atomic E-state index is 12.3. The normalized spacial score (nSPS) is 11.8. The SMILES string of the molecule is COc1ccc(-c2nnc(SC(C)C(=O)Nc3ccc(Cl)cc3)o2)cc1. The Morgan fingerprint density at radius 3 is 2.50 bits per heavy atom. The Balaban J connectivity index is 1.62. The molecule has 1 unspecified atom stereocenters. The predicted molar refractivity (Wildman–Crippen MR) is 102 cm³/mol. The first-order chi connectivity index (χ1) is 12.5. The average Bonchev–Trinajstić information content (AvgIpc) is 3.12. The van der Waals surface area contributed by atoms with Gasteiger partial charge in [-0.3, -0.25) is 4.79 Å². The zero-order valence-corrected chi connectivity index (χ0v) is 15.7. The van der Waals surface area contributed by atoms with Crippen LogP contribution in [0.2, 0.25) is 5.02 Å². The molecule has 134 valence electrons. The van der Waals surface area contributed by atoms with Crippen molar-refractivity contribution >= 4 is 35.0 Å². The maximum atomic E-state index is 12.3. The van der Waals surface area contributed by atoms with Gasteiger partial charge in [0.2, 0.25) is 11.8 Å². The van der Waals surface area contributed by atoms with E-state index in [9.17, 15) is 4.79 Å². The lowest BCUT2D eigenvalue weighted by atomic mass is 10.2. The predicted octanol–water partition coefficient (Wildman–Crippen LogP) is 4.52. The summed E-state index contributed by atoms with van der Waals surface area (Å²) in [6, 6.07) is 14.2. The molecule has 1 N–H and O–H groups in total. The molecule has 26 heavy (non-hydrogen) atoms. The number of nitrogens with one attached hydrogen (secondary N) is 1. The van der Waals surface area contributed by atoms with Crippen LogP contribution in [0, 0.1) is 0 Å². The number of amides is 1. The number of thioether (sulfide) groups is 1. The fraction of sp³-hybridized carbons (Fsp3) is 0.167. The highest BCUT2D eigenvalue weighted by atomic mass is 35.5. The number of methoxy groups -OCH3 is 1. The van der Waals surface area contributed by atoms with Gasteiger partial charge >= 0.3 is 0 Å². The van der Waals surface area contributed by atoms with Crippen molar-refractivity contribution in [3.05, 3.63) is 53.6 Å². The standard InChI is InChI=1S/C18H16ClN3O3S/c1-11(16(23)20-14-7-5-13(19)6-8-14)26-18-22-21-17(25-18)12-3-9-15(24-2)10-4-12/h3-11H,1-2H3,(H,20,23). The second-order valence-electron chi connectivity index (χ2n) is 5.36. The number of carbonyl (C=O) groups excluding carboxylic acids is 1. The smallest absolute Gasteiger partial charge is 0.277 e. The minimum Gasteiger partial charge on any atom is -0.497 e. The molecule has 1 amide bonds. The molecule has 0 aliphatic carbocycles. The number of nitrogens with zero attached hydrogens (tertiary/aromatic N) is 2. The van der Waals surface area contributed by atoms with Crippen LogP contribution in [0.4, 0.5) is 5.69 Å². The highest BCUT2D eigenvalue weighted by molar-refractivity contribution is 8.00. The Morgan fingerprint density at radius 2 is 1.85 bits per heavy atom. The van der Waals surface area contributed by atoms with Crippen molar-refractivity contribution in [2.75, 3.05) is 12.4 Å². The molecule has 6 nitrogen and oxygen atoms in total. The fourth-order valence-electron chi connectivity index (χ4n) is 2.09. The lowest BCUT2D eigenvalue weighted by Gasteiger charge is -2.09. The van der Waals surface area contributed by atoms with E-state index in [0.717, 1.165) is 11.3 Å². The molecule has 0 fully saturated rings. The molecule has 1 aromatic heterocycles. The van der Waals surface area contributed by atoms with Crippen molar-refractivity contribution in [1.29, 1.82) is 0 Å². The van der Waals surface area contributed by atoms with E-state index in [2.05, 4.69) is 15.5 Å². The van der Waals surface area contributed by atoms with Gasteiger partial charge in [-0.15, -0.1) is 10.2 Å². The van der Waals surface area contributed by atoms with E-state index in [4.69, 9.17) is 20.8 Å². The Kier molecular flexibility index (Phi) is 5.80. The largest absolute Gasteiger partial charge is 0.497 e. The van der Waals surface area contributed by atoms with E-state index in [1.165, 1.54) is 11.8 Å². The molecule has 3 aromatic rings. The first-order valence-electron chi connectivity index (χ1n) is 7.76. The van der Waals surface area contributed by atoms with Crippen LogP contribution in [0.5, 0.6) is 5.75 Å². The minimum absolute atomic E-state index is 0.165. The number of rotatable bonds is 6. The van der Waals surface area contributed by atoms with Crippen molar-refractivity contribution in [3.63, 3.8) is 0 Å². The van der Waals surface area contributed by atoms with Crippen LogP contribution < -0.4 is 10.1 Å². The zero-order chi connectivity index (χ0) is 18.5. The van der Waals surface area contributed by atoms with E-state index < -0.39 is 5.25 Å². The van der Waals surface area contributed by atoms with Gasteiger partial charge in [0.1, 0.15) is 5.75 Å². The zero-order valence-electron chi connectivity index (χ0n) is 14.1. The summed E-state index contributed by atoms with van der Waals surface area (Å²) in [5.74, 6) is 0.970. The number of anilines is 1. The molecule has 0 aliphatic heterocycles. The molecule has 2 aromatic carbocycles. The van der Waals surface area contributed by atoms with Crippen molar-refractivity contribution in [3.8, 4) is 17.2 Å². The highest BCUT2D eigenvalue weighted by Crippen LogP contribution is 2.27. The Morgan fingerprint density at radius 1 is 1.15 bits per heavy atom. The number of carbonyl (C=O) groups is 1. The number of aromatic nitrogens is 2. The van der Waals surface area contributed by atoms with Crippen molar-refractivity contribution in [2.24, 2.45) is 0 Å². The molecule has 1 atom stereocenters. The molecule has 0 aliphatic rings. The van der Waals surface area contributed by atoms with Crippen LogP contribution in [0.1, 0.15) is 6.92 Å². The third-order valence-electron chi connectivity index (χ3n) is 3.50. The second-order valence-corrected chi connectivity index (χ2v) is 7.09. The van der Waals surface area contributed by atoms with Crippen molar-refractivity contribution < 1.29 is 13.9 Å². The van der Waals surface area contributed by atoms with E-state index in [-0.39, 0.29) is 5.91 Å². The second kappa shape index (κ2) is 8.25. The van der Waals surface area contributed by atoms with Gasteiger partial charge < -0.3 is 14.5 Å². The molecule has 0 saturated carbocycles. The molecular formula is C18H16ClN3O3S. The highest BCUT2D eigenvalue weighted by Gasteiger charge is 2.19. The van der Waals surface area contributed by atoms with Crippen LogP contribution in [-0.2, 0) is 4.79 Å². The quantitative estimate of drug-likeness (QED) is 0.624. The molecule has 0 spiro atoms. The van der Waals surface area contributed by atoms with Gasteiger partial charge in [-0.05, 0) is 55.5 Å². The summed E-state index contributed by atoms with van der Waals surface area (Å²) in [6.07, 6.45) is 0. The summed E-state index contributed by atoms with van der Waals surface area (Å²) in [6.45, 7) is 1.77. The third-order valence-corrected chi connectivity index (χ3v) is 4.69. The first-order valence-corrected chi connectivity index (χ1v) is 9.02. The van der Waals surface area contributed by atoms with Crippen LogP contribution >= 0.6 is 23.4 Å². The van der Waals surface area contributed by atoms with Crippen molar-refractivity contribution in [1.82, 2.24) is 10.2 Å². The van der Waals surface area contributed by atoms with Gasteiger partial charge in [0.05, 0.1) is 12.4 Å². The molecule has 0 bridgehead atoms. The monoisotopic (exact) mass is 389 g/mol. The summed E-state index contributed by atoms with van der Waals surface area (Å²) in [5, 5.41) is 11.4. The summed E-state index contributed by atoms with van der Waals surface area (Å²) < 4.78 is 10.8. The lowest BCUT2D eigenvalue weighted by Crippen LogP contribution is -2.22. The molecule has 8 heteroatoms. The molecule has 0 saturated heterocycles. The van der Waals surface area contributed by atoms with Crippen LogP contribution in [0.3, 0.4) is 0 Å². The van der Waals surface area contributed by atoms with Crippen LogP contribution in [0.25, 0.3) is 11.5 Å². The van der Waals surface area contributed by atoms with E-state index >= 15 is 0 Å². The van der Waals surface area contributed by atoms with Gasteiger partial charge in [0.15, 0.2) is 0 Å². The molecule has 1 heterocycles. The number of benzene rings is 2. The summed E-state index contributed by atoms with van der Waals surface area (Å²) in [7, 11) is 1.60. The first kappa shape index (κ1) is 18.3. The van der Waals surface area contributed by atoms with Gasteiger partial charge in [-0.2, -0.15) is 0 Å². The van der Waals surface area contributed by atoms with Crippen LogP contribution in [-0.4, -0.2) is 28.5 Å². The van der Waals surface area contributed by atoms with Crippen molar-refractivity contribution in [2.45, 2.75) is 17.4 Å². The molecule has 0 radical (unpaired) electrons. The molecule has 3 rings (SSSR count). The van der Waals surface area contributed by atoms with E-state index in [0.29, 0.717) is 21.8 Å². The van der Waals surface area contributed by atoms with Crippen LogP contribution in [0.15, 0.2) is 58.2 Å². The number of ether oxygens (including phenoxy) is 1. The average molecular weight is 390 g/mol. The summed E-state index contributed by atoms with van der Waals surface area (Å²) in [5.41, 5.74) is 1.46. The topological polar surface area (TPSA) is 77.2 Å². The van der Waals surface area contributed by atoms with E-state index in [1.54, 1.807) is 38.3 Å². The van der Waals surface area contributed by atoms with E-state index in [1.807, 2.05) is 24.3 Å². The third kappa shape index (κ3) is 4.56. The van der Waals surface area contributed by atoms with Gasteiger partial charge in [0, 0.05) is 16.3 Å². The Hall–Kier alpha value is -2.51. The van der Waals surface area contributed by atoms with Gasteiger partial charge in [-0.25, -0.2) is 0 Å². The number of hydrogen-bond acceptors (Lipinski definition) is 6. The minimum atomic E-state index is -0.408. The summed E-state index contributed by atoms with van der Waals surface area (Å²) >= 11 is 7.03. The lowest BCUT2D eigenvalue weighted by molar-refractivity contribution is -0.115. The summed E-state index contributed by atoms with van der Waals surface area (Å²) in [4.78, 5) is 12.3. The number of halogens is 1. The Labute approximate surface area is 159 Å². The van der Waals surface area contributed by atoms with Gasteiger partial charge in [-0.1, -0.05) is 23.4 Å².